The Morgan fingerprint density at radius 2 is 1.85 bits per heavy atom. The number of nitrogens with one attached hydrogen (secondary N) is 2. The zero-order valence-electron chi connectivity index (χ0n) is 13.0. The van der Waals surface area contributed by atoms with Crippen LogP contribution < -0.4 is 11.1 Å². The van der Waals surface area contributed by atoms with Gasteiger partial charge in [-0.2, -0.15) is 0 Å². The molecule has 6 heteroatoms. The summed E-state index contributed by atoms with van der Waals surface area (Å²) in [5, 5.41) is 2.73. The van der Waals surface area contributed by atoms with E-state index in [4.69, 9.17) is 10.5 Å². The summed E-state index contributed by atoms with van der Waals surface area (Å²) < 4.78 is 5.20. The van der Waals surface area contributed by atoms with E-state index in [1.807, 2.05) is 0 Å². The third-order valence-electron chi connectivity index (χ3n) is 3.34. The van der Waals surface area contributed by atoms with Gasteiger partial charge in [0.2, 0.25) is 5.91 Å². The van der Waals surface area contributed by atoms with Crippen molar-refractivity contribution in [3.63, 3.8) is 0 Å². The molecule has 0 aliphatic heterocycles. The van der Waals surface area contributed by atoms with Crippen LogP contribution in [0, 0.1) is 5.92 Å². The number of carbonyl (C=O) groups is 2. The van der Waals surface area contributed by atoms with E-state index >= 15 is 0 Å². The van der Waals surface area contributed by atoms with Crippen molar-refractivity contribution in [1.82, 2.24) is 16.0 Å². The number of carbonyl (C=O) groups excluding carboxylic acids is 2. The SMILES string of the molecule is CN(C)C(=O)[C@H]1CC[C@H]([NH])[C@H](NC(=O)OC(C)(C)C)C1. The van der Waals surface area contributed by atoms with Crippen molar-refractivity contribution in [3.8, 4) is 0 Å². The summed E-state index contributed by atoms with van der Waals surface area (Å²) in [6.45, 7) is 5.39. The number of alkyl carbamates (subject to hydrolysis) is 1. The Bertz CT molecular complexity index is 363. The molecule has 6 nitrogen and oxygen atoms in total. The molecule has 0 saturated heterocycles. The lowest BCUT2D eigenvalue weighted by atomic mass is 9.82. The molecule has 0 aromatic heterocycles. The molecule has 1 saturated carbocycles. The minimum Gasteiger partial charge on any atom is -0.444 e. The second-order valence-corrected chi connectivity index (χ2v) is 6.60. The van der Waals surface area contributed by atoms with Crippen LogP contribution in [0.25, 0.3) is 0 Å². The third kappa shape index (κ3) is 5.00. The van der Waals surface area contributed by atoms with Gasteiger partial charge >= 0.3 is 6.09 Å². The van der Waals surface area contributed by atoms with Gasteiger partial charge in [0.25, 0.3) is 0 Å². The number of ether oxygens (including phenoxy) is 1. The van der Waals surface area contributed by atoms with Gasteiger partial charge in [-0.05, 0) is 40.0 Å². The van der Waals surface area contributed by atoms with Crippen molar-refractivity contribution in [1.29, 1.82) is 0 Å². The molecule has 0 spiro atoms. The fourth-order valence-corrected chi connectivity index (χ4v) is 2.38. The molecule has 115 valence electrons. The summed E-state index contributed by atoms with van der Waals surface area (Å²) in [6, 6.07) is -0.707. The number of amides is 2. The molecule has 2 amide bonds. The molecular formula is C14H26N3O3. The van der Waals surface area contributed by atoms with Crippen LogP contribution in [-0.4, -0.2) is 48.7 Å². The van der Waals surface area contributed by atoms with Crippen molar-refractivity contribution in [2.75, 3.05) is 14.1 Å². The molecule has 0 aromatic carbocycles. The van der Waals surface area contributed by atoms with Crippen molar-refractivity contribution >= 4 is 12.0 Å². The Balaban J connectivity index is 2.59. The first-order chi connectivity index (χ1) is 9.10. The van der Waals surface area contributed by atoms with E-state index < -0.39 is 11.7 Å². The molecule has 2 N–H and O–H groups in total. The topological polar surface area (TPSA) is 82.4 Å². The highest BCUT2D eigenvalue weighted by Crippen LogP contribution is 2.26. The zero-order chi connectivity index (χ0) is 15.5. The van der Waals surface area contributed by atoms with Crippen molar-refractivity contribution in [2.45, 2.75) is 57.7 Å². The fraction of sp³-hybridized carbons (Fsp3) is 0.857. The van der Waals surface area contributed by atoms with Crippen LogP contribution in [0.2, 0.25) is 0 Å². The van der Waals surface area contributed by atoms with Gasteiger partial charge in [0.15, 0.2) is 0 Å². The Morgan fingerprint density at radius 1 is 1.25 bits per heavy atom. The summed E-state index contributed by atoms with van der Waals surface area (Å²) in [5.41, 5.74) is 7.44. The van der Waals surface area contributed by atoms with Gasteiger partial charge in [0.05, 0.1) is 0 Å². The number of rotatable bonds is 2. The van der Waals surface area contributed by atoms with Gasteiger partial charge in [-0.1, -0.05) is 0 Å². The van der Waals surface area contributed by atoms with E-state index in [2.05, 4.69) is 5.32 Å². The lowest BCUT2D eigenvalue weighted by Crippen LogP contribution is -2.51. The largest absolute Gasteiger partial charge is 0.444 e. The molecule has 0 aromatic rings. The third-order valence-corrected chi connectivity index (χ3v) is 3.34. The quantitative estimate of drug-likeness (QED) is 0.832. The van der Waals surface area contributed by atoms with Gasteiger partial charge in [0, 0.05) is 32.1 Å². The Morgan fingerprint density at radius 3 is 2.35 bits per heavy atom. The van der Waals surface area contributed by atoms with Crippen LogP contribution in [-0.2, 0) is 9.53 Å². The van der Waals surface area contributed by atoms with Crippen LogP contribution in [0.1, 0.15) is 40.0 Å². The van der Waals surface area contributed by atoms with Gasteiger partial charge in [-0.25, -0.2) is 4.79 Å². The van der Waals surface area contributed by atoms with Gasteiger partial charge in [-0.15, -0.1) is 0 Å². The molecule has 20 heavy (non-hydrogen) atoms. The highest BCUT2D eigenvalue weighted by atomic mass is 16.6. The van der Waals surface area contributed by atoms with Crippen molar-refractivity contribution in [2.24, 2.45) is 5.92 Å². The molecule has 1 radical (unpaired) electrons. The predicted molar refractivity (Wildman–Crippen MR) is 76.1 cm³/mol. The molecular weight excluding hydrogens is 258 g/mol. The van der Waals surface area contributed by atoms with Gasteiger partial charge in [-0.3, -0.25) is 10.5 Å². The van der Waals surface area contributed by atoms with Crippen LogP contribution in [0.5, 0.6) is 0 Å². The van der Waals surface area contributed by atoms with Crippen LogP contribution >= 0.6 is 0 Å². The second-order valence-electron chi connectivity index (χ2n) is 6.60. The molecule has 1 aliphatic rings. The maximum Gasteiger partial charge on any atom is 0.407 e. The highest BCUT2D eigenvalue weighted by Gasteiger charge is 2.34. The molecule has 1 fully saturated rings. The van der Waals surface area contributed by atoms with Crippen molar-refractivity contribution in [3.05, 3.63) is 0 Å². The van der Waals surface area contributed by atoms with E-state index in [1.165, 1.54) is 0 Å². The number of hydrogen-bond acceptors (Lipinski definition) is 3. The monoisotopic (exact) mass is 284 g/mol. The van der Waals surface area contributed by atoms with Crippen LogP contribution in [0.15, 0.2) is 0 Å². The summed E-state index contributed by atoms with van der Waals surface area (Å²) >= 11 is 0. The fourth-order valence-electron chi connectivity index (χ4n) is 2.38. The summed E-state index contributed by atoms with van der Waals surface area (Å²) in [7, 11) is 3.46. The predicted octanol–water partition coefficient (Wildman–Crippen LogP) is 1.42. The average Bonchev–Trinajstić information content (AvgIpc) is 2.28. The average molecular weight is 284 g/mol. The lowest BCUT2D eigenvalue weighted by molar-refractivity contribution is -0.134. The molecule has 3 atom stereocenters. The first kappa shape index (κ1) is 16.8. The second kappa shape index (κ2) is 6.43. The summed E-state index contributed by atoms with van der Waals surface area (Å²) in [6.07, 6.45) is 1.31. The highest BCUT2D eigenvalue weighted by molar-refractivity contribution is 5.78. The van der Waals surface area contributed by atoms with E-state index in [0.29, 0.717) is 19.3 Å². The molecule has 0 unspecified atom stereocenters. The molecule has 1 rings (SSSR count). The lowest BCUT2D eigenvalue weighted by Gasteiger charge is -2.34. The first-order valence-electron chi connectivity index (χ1n) is 7.02. The van der Waals surface area contributed by atoms with Gasteiger partial charge in [0.1, 0.15) is 5.60 Å². The minimum atomic E-state index is -0.560. The summed E-state index contributed by atoms with van der Waals surface area (Å²) in [5.74, 6) is -0.0561. The van der Waals surface area contributed by atoms with Crippen molar-refractivity contribution < 1.29 is 14.3 Å². The zero-order valence-corrected chi connectivity index (χ0v) is 13.0. The number of nitrogens with zero attached hydrogens (tertiary/aromatic N) is 1. The Hall–Kier alpha value is -1.30. The van der Waals surface area contributed by atoms with E-state index in [9.17, 15) is 9.59 Å². The normalized spacial score (nSPS) is 26.8. The Labute approximate surface area is 121 Å². The molecule has 1 aliphatic carbocycles. The Kier molecular flexibility index (Phi) is 5.39. The maximum absolute atomic E-state index is 12.0. The standard InChI is InChI=1S/C14H26N3O3/c1-14(2,3)20-13(19)16-11-8-9(6-7-10(11)15)12(18)17(4)5/h9-11,15H,6-8H2,1-5H3,(H,16,19)/t9-,10-,11+/m0/s1. The molecule has 0 bridgehead atoms. The summed E-state index contributed by atoms with van der Waals surface area (Å²) in [4.78, 5) is 25.3. The molecule has 0 heterocycles. The van der Waals surface area contributed by atoms with Crippen LogP contribution in [0.4, 0.5) is 4.79 Å². The smallest absolute Gasteiger partial charge is 0.407 e. The van der Waals surface area contributed by atoms with E-state index in [-0.39, 0.29) is 23.9 Å². The minimum absolute atomic E-state index is 0.0629. The van der Waals surface area contributed by atoms with Gasteiger partial charge < -0.3 is 15.0 Å². The number of hydrogen-bond donors (Lipinski definition) is 1. The van der Waals surface area contributed by atoms with Crippen LogP contribution in [0.3, 0.4) is 0 Å². The van der Waals surface area contributed by atoms with E-state index in [0.717, 1.165) is 0 Å². The maximum atomic E-state index is 12.0. The first-order valence-corrected chi connectivity index (χ1v) is 7.02. The van der Waals surface area contributed by atoms with E-state index in [1.54, 1.807) is 39.8 Å².